The highest BCUT2D eigenvalue weighted by atomic mass is 35.5. The molecule has 4 aromatic rings. The predicted molar refractivity (Wildman–Crippen MR) is 127 cm³/mol. The maximum atomic E-state index is 13.2. The van der Waals surface area contributed by atoms with E-state index in [1.165, 1.54) is 0 Å². The van der Waals surface area contributed by atoms with E-state index in [2.05, 4.69) is 0 Å². The monoisotopic (exact) mass is 443 g/mol. The summed E-state index contributed by atoms with van der Waals surface area (Å²) in [6, 6.07) is 20.3. The van der Waals surface area contributed by atoms with Crippen LogP contribution in [0.4, 0.5) is 0 Å². The Kier molecular flexibility index (Phi) is 6.06. The number of pyridine rings is 1. The van der Waals surface area contributed by atoms with E-state index in [1.54, 1.807) is 24.3 Å². The topological polar surface area (TPSA) is 56.3 Å². The molecule has 4 nitrogen and oxygen atoms in total. The molecule has 5 heteroatoms. The molecule has 0 fully saturated rings. The van der Waals surface area contributed by atoms with Crippen LogP contribution in [0.3, 0.4) is 0 Å². The molecule has 3 aromatic carbocycles. The number of aryl methyl sites for hydroxylation is 2. The number of aromatic nitrogens is 1. The van der Waals surface area contributed by atoms with E-state index in [9.17, 15) is 9.59 Å². The van der Waals surface area contributed by atoms with Crippen LogP contribution in [0, 0.1) is 20.8 Å². The molecule has 0 saturated carbocycles. The Balaban J connectivity index is 1.72. The van der Waals surface area contributed by atoms with Gasteiger partial charge >= 0.3 is 5.97 Å². The Labute approximate surface area is 191 Å². The van der Waals surface area contributed by atoms with Crippen LogP contribution in [0.15, 0.2) is 66.7 Å². The Morgan fingerprint density at radius 1 is 0.875 bits per heavy atom. The lowest BCUT2D eigenvalue weighted by Gasteiger charge is -2.15. The summed E-state index contributed by atoms with van der Waals surface area (Å²) >= 11 is 5.88. The summed E-state index contributed by atoms with van der Waals surface area (Å²) in [5.41, 5.74) is 6.08. The van der Waals surface area contributed by atoms with Gasteiger partial charge in [0, 0.05) is 21.5 Å². The van der Waals surface area contributed by atoms with Crippen molar-refractivity contribution in [2.24, 2.45) is 0 Å². The van der Waals surface area contributed by atoms with Gasteiger partial charge in [0.15, 0.2) is 12.4 Å². The second kappa shape index (κ2) is 8.93. The minimum atomic E-state index is -0.545. The second-order valence-electron chi connectivity index (χ2n) is 7.85. The van der Waals surface area contributed by atoms with Gasteiger partial charge in [0.25, 0.3) is 0 Å². The van der Waals surface area contributed by atoms with Crippen molar-refractivity contribution in [1.82, 2.24) is 4.98 Å². The largest absolute Gasteiger partial charge is 0.454 e. The van der Waals surface area contributed by atoms with Crippen LogP contribution in [0.5, 0.6) is 0 Å². The van der Waals surface area contributed by atoms with Crippen molar-refractivity contribution >= 4 is 34.3 Å². The number of ketones is 1. The summed E-state index contributed by atoms with van der Waals surface area (Å²) < 4.78 is 5.46. The van der Waals surface area contributed by atoms with Gasteiger partial charge in [-0.2, -0.15) is 0 Å². The number of carbonyl (C=O) groups is 2. The fourth-order valence-corrected chi connectivity index (χ4v) is 3.78. The lowest BCUT2D eigenvalue weighted by atomic mass is 9.96. The van der Waals surface area contributed by atoms with Gasteiger partial charge < -0.3 is 4.74 Å². The van der Waals surface area contributed by atoms with Crippen molar-refractivity contribution < 1.29 is 14.3 Å². The molecule has 0 amide bonds. The van der Waals surface area contributed by atoms with Crippen LogP contribution >= 0.6 is 11.6 Å². The van der Waals surface area contributed by atoms with Crippen molar-refractivity contribution in [3.05, 3.63) is 99.6 Å². The van der Waals surface area contributed by atoms with Crippen LogP contribution in [0.1, 0.15) is 37.4 Å². The Hall–Kier alpha value is -3.50. The van der Waals surface area contributed by atoms with Crippen molar-refractivity contribution in [1.29, 1.82) is 0 Å². The number of rotatable bonds is 5. The Morgan fingerprint density at radius 3 is 2.22 bits per heavy atom. The second-order valence-corrected chi connectivity index (χ2v) is 8.29. The molecule has 32 heavy (non-hydrogen) atoms. The Morgan fingerprint density at radius 2 is 1.53 bits per heavy atom. The van der Waals surface area contributed by atoms with E-state index >= 15 is 0 Å². The van der Waals surface area contributed by atoms with Crippen molar-refractivity contribution in [2.75, 3.05) is 6.61 Å². The number of carbonyl (C=O) groups excluding carboxylic acids is 2. The quantitative estimate of drug-likeness (QED) is 0.260. The molecule has 0 unspecified atom stereocenters. The third-order valence-corrected chi connectivity index (χ3v) is 5.67. The third-order valence-electron chi connectivity index (χ3n) is 5.41. The molecule has 0 saturated heterocycles. The van der Waals surface area contributed by atoms with Gasteiger partial charge in [-0.25, -0.2) is 9.78 Å². The zero-order chi connectivity index (χ0) is 22.8. The number of hydrogen-bond donors (Lipinski definition) is 0. The van der Waals surface area contributed by atoms with E-state index in [0.717, 1.165) is 27.9 Å². The maximum absolute atomic E-state index is 13.2. The highest BCUT2D eigenvalue weighted by Gasteiger charge is 2.21. The van der Waals surface area contributed by atoms with Crippen LogP contribution < -0.4 is 0 Å². The molecule has 0 radical (unpaired) electrons. The van der Waals surface area contributed by atoms with E-state index in [-0.39, 0.29) is 12.4 Å². The first kappa shape index (κ1) is 21.7. The molecule has 0 atom stereocenters. The summed E-state index contributed by atoms with van der Waals surface area (Å²) in [5, 5.41) is 1.25. The van der Waals surface area contributed by atoms with Gasteiger partial charge in [-0.1, -0.05) is 53.1 Å². The summed E-state index contributed by atoms with van der Waals surface area (Å²) in [5.74, 6) is -0.836. The SMILES string of the molecule is Cc1ccc(-c2nc3ccc(C)cc3c(C(=O)OCC(=O)c3ccc(Cl)cc3)c2C)cc1. The molecule has 0 bridgehead atoms. The van der Waals surface area contributed by atoms with Crippen LogP contribution in [-0.4, -0.2) is 23.3 Å². The minimum Gasteiger partial charge on any atom is -0.454 e. The first-order valence-corrected chi connectivity index (χ1v) is 10.6. The Bertz CT molecular complexity index is 1330. The average Bonchev–Trinajstić information content (AvgIpc) is 2.78. The molecular formula is C27H22ClNO3. The van der Waals surface area contributed by atoms with Gasteiger partial charge in [-0.05, 0) is 62.7 Å². The van der Waals surface area contributed by atoms with Crippen molar-refractivity contribution in [3.63, 3.8) is 0 Å². The van der Waals surface area contributed by atoms with Crippen LogP contribution in [0.25, 0.3) is 22.2 Å². The number of esters is 1. The molecule has 4 rings (SSSR count). The van der Waals surface area contributed by atoms with Gasteiger partial charge in [-0.3, -0.25) is 4.79 Å². The van der Waals surface area contributed by atoms with E-state index < -0.39 is 5.97 Å². The summed E-state index contributed by atoms with van der Waals surface area (Å²) in [6.45, 7) is 5.49. The number of benzene rings is 3. The van der Waals surface area contributed by atoms with E-state index in [1.807, 2.05) is 63.2 Å². The highest BCUT2D eigenvalue weighted by molar-refractivity contribution is 6.30. The van der Waals surface area contributed by atoms with Gasteiger partial charge in [-0.15, -0.1) is 0 Å². The zero-order valence-electron chi connectivity index (χ0n) is 18.1. The number of halogens is 1. The number of Topliss-reactive ketones (excluding diaryl/α,β-unsaturated/α-hetero) is 1. The summed E-state index contributed by atoms with van der Waals surface area (Å²) in [4.78, 5) is 30.5. The molecule has 0 spiro atoms. The standard InChI is InChI=1S/C27H22ClNO3/c1-16-4-7-20(8-5-16)26-18(3)25(22-14-17(2)6-13-23(22)29-26)27(31)32-15-24(30)19-9-11-21(28)12-10-19/h4-14H,15H2,1-3H3. The number of ether oxygens (including phenoxy) is 1. The molecule has 160 valence electrons. The normalized spacial score (nSPS) is 10.9. The van der Waals surface area contributed by atoms with E-state index in [0.29, 0.717) is 27.1 Å². The average molecular weight is 444 g/mol. The molecule has 0 N–H and O–H groups in total. The first-order chi connectivity index (χ1) is 15.3. The molecule has 0 aliphatic rings. The van der Waals surface area contributed by atoms with Crippen LogP contribution in [0.2, 0.25) is 5.02 Å². The van der Waals surface area contributed by atoms with E-state index in [4.69, 9.17) is 21.3 Å². The summed E-state index contributed by atoms with van der Waals surface area (Å²) in [7, 11) is 0. The summed E-state index contributed by atoms with van der Waals surface area (Å²) in [6.07, 6.45) is 0. The maximum Gasteiger partial charge on any atom is 0.339 e. The molecule has 0 aliphatic carbocycles. The molecule has 1 aromatic heterocycles. The predicted octanol–water partition coefficient (Wildman–Crippen LogP) is 6.52. The lowest BCUT2D eigenvalue weighted by Crippen LogP contribution is -2.16. The first-order valence-electron chi connectivity index (χ1n) is 10.3. The molecule has 1 heterocycles. The van der Waals surface area contributed by atoms with Gasteiger partial charge in [0.05, 0.1) is 16.8 Å². The van der Waals surface area contributed by atoms with Gasteiger partial charge in [0.2, 0.25) is 0 Å². The fourth-order valence-electron chi connectivity index (χ4n) is 3.65. The number of nitrogens with zero attached hydrogens (tertiary/aromatic N) is 1. The highest BCUT2D eigenvalue weighted by Crippen LogP contribution is 2.31. The van der Waals surface area contributed by atoms with Gasteiger partial charge in [0.1, 0.15) is 0 Å². The fraction of sp³-hybridized carbons (Fsp3) is 0.148. The smallest absolute Gasteiger partial charge is 0.339 e. The van der Waals surface area contributed by atoms with Crippen LogP contribution in [-0.2, 0) is 4.74 Å². The molecule has 0 aliphatic heterocycles. The number of hydrogen-bond acceptors (Lipinski definition) is 4. The van der Waals surface area contributed by atoms with Crippen molar-refractivity contribution in [2.45, 2.75) is 20.8 Å². The molecular weight excluding hydrogens is 422 g/mol. The van der Waals surface area contributed by atoms with Crippen molar-refractivity contribution in [3.8, 4) is 11.3 Å². The minimum absolute atomic E-state index is 0.291. The third kappa shape index (κ3) is 4.41. The lowest BCUT2D eigenvalue weighted by molar-refractivity contribution is 0.0476. The zero-order valence-corrected chi connectivity index (χ0v) is 18.9. The number of fused-ring (bicyclic) bond motifs is 1.